The second-order valence-electron chi connectivity index (χ2n) is 4.75. The zero-order valence-corrected chi connectivity index (χ0v) is 10.4. The molecule has 86 valence electrons. The fourth-order valence-electron chi connectivity index (χ4n) is 1.91. The largest absolute Gasteiger partial charge is 0.382 e. The van der Waals surface area contributed by atoms with Gasteiger partial charge in [-0.3, -0.25) is 0 Å². The minimum Gasteiger partial charge on any atom is -0.382 e. The third-order valence-electron chi connectivity index (χ3n) is 3.55. The molecule has 1 aliphatic carbocycles. The molecule has 1 aromatic rings. The highest BCUT2D eigenvalue weighted by atomic mass is 32.1. The van der Waals surface area contributed by atoms with Crippen LogP contribution in [-0.2, 0) is 0 Å². The van der Waals surface area contributed by atoms with Crippen LogP contribution in [0.4, 0.5) is 10.8 Å². The van der Waals surface area contributed by atoms with E-state index in [9.17, 15) is 0 Å². The zero-order chi connectivity index (χ0) is 11.8. The molecule has 0 spiro atoms. The van der Waals surface area contributed by atoms with Crippen molar-refractivity contribution in [3.63, 3.8) is 0 Å². The lowest BCUT2D eigenvalue weighted by Crippen LogP contribution is -2.20. The Kier molecular flexibility index (Phi) is 2.76. The van der Waals surface area contributed by atoms with Gasteiger partial charge in [0.05, 0.1) is 0 Å². The Balaban J connectivity index is 2.03. The average Bonchev–Trinajstić information content (AvgIpc) is 2.96. The maximum atomic E-state index is 8.94. The van der Waals surface area contributed by atoms with E-state index in [0.717, 1.165) is 11.5 Å². The third kappa shape index (κ3) is 1.85. The van der Waals surface area contributed by atoms with Gasteiger partial charge in [-0.05, 0) is 35.7 Å². The fraction of sp³-hybridized carbons (Fsp3) is 0.636. The van der Waals surface area contributed by atoms with Crippen molar-refractivity contribution < 1.29 is 0 Å². The maximum absolute atomic E-state index is 8.94. The minimum atomic E-state index is 0.337. The number of rotatable bonds is 4. The summed E-state index contributed by atoms with van der Waals surface area (Å²) in [7, 11) is 0. The van der Waals surface area contributed by atoms with Crippen LogP contribution in [0.2, 0.25) is 0 Å². The van der Waals surface area contributed by atoms with E-state index in [0.29, 0.717) is 22.7 Å². The molecule has 1 aromatic heterocycles. The molecule has 0 saturated heterocycles. The van der Waals surface area contributed by atoms with Gasteiger partial charge in [0.25, 0.3) is 0 Å². The van der Waals surface area contributed by atoms with Crippen molar-refractivity contribution in [2.45, 2.75) is 26.7 Å². The summed E-state index contributed by atoms with van der Waals surface area (Å²) in [5, 5.41) is 13.1. The van der Waals surface area contributed by atoms with Crippen molar-refractivity contribution in [1.82, 2.24) is 4.37 Å². The first-order valence-electron chi connectivity index (χ1n) is 5.48. The van der Waals surface area contributed by atoms with E-state index in [1.54, 1.807) is 0 Å². The smallest absolute Gasteiger partial charge is 0.157 e. The normalized spacial score (nSPS) is 17.1. The van der Waals surface area contributed by atoms with Gasteiger partial charge in [0.2, 0.25) is 0 Å². The van der Waals surface area contributed by atoms with E-state index < -0.39 is 0 Å². The number of nitrogens with zero attached hydrogens (tertiary/aromatic N) is 2. The van der Waals surface area contributed by atoms with Gasteiger partial charge in [0, 0.05) is 6.54 Å². The first kappa shape index (κ1) is 11.2. The Morgan fingerprint density at radius 3 is 2.81 bits per heavy atom. The molecule has 0 aliphatic heterocycles. The Labute approximate surface area is 99.6 Å². The second-order valence-corrected chi connectivity index (χ2v) is 5.53. The van der Waals surface area contributed by atoms with Crippen LogP contribution in [0.5, 0.6) is 0 Å². The lowest BCUT2D eigenvalue weighted by molar-refractivity contribution is 0.380. The van der Waals surface area contributed by atoms with Gasteiger partial charge in [-0.1, -0.05) is 13.8 Å². The lowest BCUT2D eigenvalue weighted by Gasteiger charge is -2.19. The highest BCUT2D eigenvalue weighted by Gasteiger charge is 2.45. The molecule has 0 atom stereocenters. The summed E-state index contributed by atoms with van der Waals surface area (Å²) in [5.41, 5.74) is 6.52. The number of hydrogen-bond acceptors (Lipinski definition) is 5. The first-order valence-corrected chi connectivity index (χ1v) is 6.25. The molecule has 16 heavy (non-hydrogen) atoms. The van der Waals surface area contributed by atoms with Crippen LogP contribution in [0.15, 0.2) is 0 Å². The highest BCUT2D eigenvalue weighted by molar-refractivity contribution is 7.10. The zero-order valence-electron chi connectivity index (χ0n) is 9.58. The molecule has 0 amide bonds. The van der Waals surface area contributed by atoms with Crippen molar-refractivity contribution in [1.29, 1.82) is 5.26 Å². The number of nitrogen functional groups attached to an aromatic ring is 1. The molecule has 4 nitrogen and oxygen atoms in total. The van der Waals surface area contributed by atoms with Crippen LogP contribution < -0.4 is 11.1 Å². The van der Waals surface area contributed by atoms with Gasteiger partial charge in [-0.2, -0.15) is 9.64 Å². The van der Waals surface area contributed by atoms with E-state index >= 15 is 0 Å². The molecule has 0 bridgehead atoms. The third-order valence-corrected chi connectivity index (χ3v) is 4.37. The lowest BCUT2D eigenvalue weighted by atomic mass is 9.92. The van der Waals surface area contributed by atoms with E-state index in [1.165, 1.54) is 24.4 Å². The predicted octanol–water partition coefficient (Wildman–Crippen LogP) is 2.45. The Morgan fingerprint density at radius 2 is 2.31 bits per heavy atom. The molecule has 1 fully saturated rings. The molecule has 1 saturated carbocycles. The number of nitrogens with one attached hydrogen (secondary N) is 1. The SMILES string of the molecule is CC(C)C1(CNc2snc(N)c2C#N)CC1. The van der Waals surface area contributed by atoms with Gasteiger partial charge >= 0.3 is 0 Å². The Morgan fingerprint density at radius 1 is 1.62 bits per heavy atom. The molecular weight excluding hydrogens is 220 g/mol. The molecule has 3 N–H and O–H groups in total. The average molecular weight is 236 g/mol. The molecule has 2 rings (SSSR count). The Bertz CT molecular complexity index is 426. The van der Waals surface area contributed by atoms with Gasteiger partial charge in [-0.15, -0.1) is 0 Å². The standard InChI is InChI=1S/C11H16N4S/c1-7(2)11(3-4-11)6-14-10-8(5-12)9(13)15-16-10/h7,14H,3-4,6H2,1-2H3,(H2,13,15). The van der Waals surface area contributed by atoms with Crippen LogP contribution in [0, 0.1) is 22.7 Å². The molecule has 1 aliphatic rings. The second kappa shape index (κ2) is 3.95. The summed E-state index contributed by atoms with van der Waals surface area (Å²) < 4.78 is 3.99. The highest BCUT2D eigenvalue weighted by Crippen LogP contribution is 2.51. The van der Waals surface area contributed by atoms with Crippen molar-refractivity contribution in [2.75, 3.05) is 17.6 Å². The number of nitriles is 1. The number of aromatic nitrogens is 1. The summed E-state index contributed by atoms with van der Waals surface area (Å²) in [5.74, 6) is 1.01. The molecular formula is C11H16N4S. The maximum Gasteiger partial charge on any atom is 0.157 e. The Hall–Kier alpha value is -1.28. The molecule has 0 unspecified atom stereocenters. The van der Waals surface area contributed by atoms with E-state index in [-0.39, 0.29) is 0 Å². The topological polar surface area (TPSA) is 74.7 Å². The van der Waals surface area contributed by atoms with Gasteiger partial charge in [0.15, 0.2) is 5.82 Å². The van der Waals surface area contributed by atoms with Crippen LogP contribution in [0.1, 0.15) is 32.3 Å². The summed E-state index contributed by atoms with van der Waals surface area (Å²) in [6, 6.07) is 2.09. The van der Waals surface area contributed by atoms with Crippen molar-refractivity contribution in [2.24, 2.45) is 11.3 Å². The minimum absolute atomic E-state index is 0.337. The number of anilines is 2. The van der Waals surface area contributed by atoms with E-state index in [4.69, 9.17) is 11.0 Å². The van der Waals surface area contributed by atoms with Crippen LogP contribution >= 0.6 is 11.5 Å². The van der Waals surface area contributed by atoms with Crippen LogP contribution in [0.3, 0.4) is 0 Å². The van der Waals surface area contributed by atoms with Crippen molar-refractivity contribution in [3.05, 3.63) is 5.56 Å². The van der Waals surface area contributed by atoms with E-state index in [2.05, 4.69) is 29.6 Å². The van der Waals surface area contributed by atoms with Crippen molar-refractivity contribution >= 4 is 22.4 Å². The monoisotopic (exact) mass is 236 g/mol. The van der Waals surface area contributed by atoms with E-state index in [1.807, 2.05) is 0 Å². The number of hydrogen-bond donors (Lipinski definition) is 2. The molecule has 0 aromatic carbocycles. The molecule has 0 radical (unpaired) electrons. The van der Waals surface area contributed by atoms with Gasteiger partial charge in [0.1, 0.15) is 16.6 Å². The van der Waals surface area contributed by atoms with Gasteiger partial charge < -0.3 is 11.1 Å². The molecule has 1 heterocycles. The van der Waals surface area contributed by atoms with Crippen molar-refractivity contribution in [3.8, 4) is 6.07 Å². The predicted molar refractivity (Wildman–Crippen MR) is 66.2 cm³/mol. The summed E-state index contributed by atoms with van der Waals surface area (Å²) in [6.45, 7) is 5.42. The fourth-order valence-corrected chi connectivity index (χ4v) is 2.57. The molecule has 5 heteroatoms. The first-order chi connectivity index (χ1) is 7.59. The summed E-state index contributed by atoms with van der Waals surface area (Å²) in [4.78, 5) is 0. The quantitative estimate of drug-likeness (QED) is 0.842. The number of nitrogens with two attached hydrogens (primary N) is 1. The summed E-state index contributed by atoms with van der Waals surface area (Å²) >= 11 is 1.27. The van der Waals surface area contributed by atoms with Crippen LogP contribution in [-0.4, -0.2) is 10.9 Å². The summed E-state index contributed by atoms with van der Waals surface area (Å²) in [6.07, 6.45) is 2.54. The van der Waals surface area contributed by atoms with Gasteiger partial charge in [-0.25, -0.2) is 0 Å². The van der Waals surface area contributed by atoms with Crippen LogP contribution in [0.25, 0.3) is 0 Å².